The summed E-state index contributed by atoms with van der Waals surface area (Å²) in [5.41, 5.74) is 1.58. The Hall–Kier alpha value is -2.00. The molecule has 35 heavy (non-hydrogen) atoms. The summed E-state index contributed by atoms with van der Waals surface area (Å²) in [6.07, 6.45) is 1.72. The molecule has 0 fully saturated rings. The van der Waals surface area contributed by atoms with Gasteiger partial charge in [-0.25, -0.2) is 8.42 Å². The summed E-state index contributed by atoms with van der Waals surface area (Å²) in [6.45, 7) is 6.63. The first kappa shape index (κ1) is 29.2. The molecule has 192 valence electrons. The summed E-state index contributed by atoms with van der Waals surface area (Å²) < 4.78 is 26.2. The largest absolute Gasteiger partial charge is 0.352 e. The van der Waals surface area contributed by atoms with Gasteiger partial charge in [0.1, 0.15) is 12.6 Å². The van der Waals surface area contributed by atoms with Crippen LogP contribution in [0.15, 0.2) is 36.4 Å². The Kier molecular flexibility index (Phi) is 10.3. The molecule has 0 bridgehead atoms. The third-order valence-corrected chi connectivity index (χ3v) is 7.78. The van der Waals surface area contributed by atoms with Crippen LogP contribution in [0.4, 0.5) is 5.69 Å². The number of amides is 2. The number of hydrogen-bond donors (Lipinski definition) is 1. The third kappa shape index (κ3) is 8.00. The quantitative estimate of drug-likeness (QED) is 0.439. The van der Waals surface area contributed by atoms with Crippen molar-refractivity contribution in [2.75, 3.05) is 17.1 Å². The first-order valence-corrected chi connectivity index (χ1v) is 14.0. The van der Waals surface area contributed by atoms with Gasteiger partial charge in [0.05, 0.1) is 11.9 Å². The minimum atomic E-state index is -3.85. The maximum atomic E-state index is 13.5. The van der Waals surface area contributed by atoms with E-state index in [4.69, 9.17) is 34.8 Å². The van der Waals surface area contributed by atoms with Gasteiger partial charge >= 0.3 is 0 Å². The number of carbonyl (C=O) groups is 2. The zero-order chi connectivity index (χ0) is 26.5. The molecular weight excluding hydrogens is 533 g/mol. The lowest BCUT2D eigenvalue weighted by atomic mass is 10.1. The van der Waals surface area contributed by atoms with Crippen molar-refractivity contribution in [3.8, 4) is 0 Å². The van der Waals surface area contributed by atoms with Gasteiger partial charge < -0.3 is 10.2 Å². The molecule has 2 atom stereocenters. The van der Waals surface area contributed by atoms with Crippen molar-refractivity contribution in [2.45, 2.75) is 52.7 Å². The van der Waals surface area contributed by atoms with E-state index in [1.165, 1.54) is 11.0 Å². The molecule has 2 aromatic rings. The fourth-order valence-electron chi connectivity index (χ4n) is 3.23. The van der Waals surface area contributed by atoms with Crippen molar-refractivity contribution < 1.29 is 18.0 Å². The van der Waals surface area contributed by atoms with Gasteiger partial charge in [-0.3, -0.25) is 13.9 Å². The van der Waals surface area contributed by atoms with E-state index >= 15 is 0 Å². The van der Waals surface area contributed by atoms with Gasteiger partial charge in [-0.2, -0.15) is 0 Å². The monoisotopic (exact) mass is 561 g/mol. The van der Waals surface area contributed by atoms with Gasteiger partial charge in [-0.05, 0) is 62.6 Å². The molecule has 1 N–H and O–H groups in total. The first-order chi connectivity index (χ1) is 16.2. The van der Waals surface area contributed by atoms with Crippen molar-refractivity contribution in [3.05, 3.63) is 62.6 Å². The maximum Gasteiger partial charge on any atom is 0.244 e. The molecule has 2 unspecified atom stereocenters. The summed E-state index contributed by atoms with van der Waals surface area (Å²) in [5, 5.41) is 4.00. The predicted octanol–water partition coefficient (Wildman–Crippen LogP) is 5.05. The van der Waals surface area contributed by atoms with E-state index in [9.17, 15) is 18.0 Å². The lowest BCUT2D eigenvalue weighted by molar-refractivity contribution is -0.139. The highest BCUT2D eigenvalue weighted by Gasteiger charge is 2.31. The highest BCUT2D eigenvalue weighted by molar-refractivity contribution is 7.92. The summed E-state index contributed by atoms with van der Waals surface area (Å²) >= 11 is 18.5. The fourth-order valence-corrected chi connectivity index (χ4v) is 4.72. The fraction of sp³-hybridized carbons (Fsp3) is 0.417. The molecule has 2 aromatic carbocycles. The van der Waals surface area contributed by atoms with Crippen LogP contribution in [0.3, 0.4) is 0 Å². The minimum Gasteiger partial charge on any atom is -0.352 e. The SMILES string of the molecule is CCC(C)NC(=O)C(C)N(Cc1ccc(Cl)cc1Cl)C(=O)CN(c1ccc(C)c(Cl)c1)S(C)(=O)=O. The first-order valence-electron chi connectivity index (χ1n) is 11.0. The number of nitrogens with zero attached hydrogens (tertiary/aromatic N) is 2. The van der Waals surface area contributed by atoms with Crippen LogP contribution in [0.25, 0.3) is 0 Å². The number of rotatable bonds is 10. The molecule has 0 saturated heterocycles. The van der Waals surface area contributed by atoms with E-state index in [1.807, 2.05) is 13.8 Å². The second kappa shape index (κ2) is 12.3. The number of hydrogen-bond acceptors (Lipinski definition) is 4. The van der Waals surface area contributed by atoms with Crippen LogP contribution in [0, 0.1) is 6.92 Å². The Morgan fingerprint density at radius 3 is 2.23 bits per heavy atom. The van der Waals surface area contributed by atoms with Gasteiger partial charge in [-0.15, -0.1) is 0 Å². The van der Waals surface area contributed by atoms with Crippen LogP contribution >= 0.6 is 34.8 Å². The summed E-state index contributed by atoms with van der Waals surface area (Å²) in [7, 11) is -3.85. The van der Waals surface area contributed by atoms with E-state index in [-0.39, 0.29) is 24.2 Å². The molecule has 11 heteroatoms. The molecular formula is C24H30Cl3N3O4S. The average Bonchev–Trinajstić information content (AvgIpc) is 2.77. The Balaban J connectivity index is 2.44. The predicted molar refractivity (Wildman–Crippen MR) is 143 cm³/mol. The number of carbonyl (C=O) groups excluding carboxylic acids is 2. The Labute approximate surface area is 222 Å². The Bertz CT molecular complexity index is 1190. The Morgan fingerprint density at radius 1 is 1.03 bits per heavy atom. The number of benzene rings is 2. The van der Waals surface area contributed by atoms with Crippen molar-refractivity contribution in [2.24, 2.45) is 0 Å². The minimum absolute atomic E-state index is 0.0177. The van der Waals surface area contributed by atoms with E-state index in [0.717, 1.165) is 16.1 Å². The molecule has 2 amide bonds. The zero-order valence-electron chi connectivity index (χ0n) is 20.3. The zero-order valence-corrected chi connectivity index (χ0v) is 23.4. The lowest BCUT2D eigenvalue weighted by Crippen LogP contribution is -2.52. The Morgan fingerprint density at radius 2 is 1.69 bits per heavy atom. The topological polar surface area (TPSA) is 86.8 Å². The number of nitrogens with one attached hydrogen (secondary N) is 1. The van der Waals surface area contributed by atoms with Crippen molar-refractivity contribution in [3.63, 3.8) is 0 Å². The summed E-state index contributed by atoms with van der Waals surface area (Å²) in [5.74, 6) is -0.938. The molecule has 2 rings (SSSR count). The summed E-state index contributed by atoms with van der Waals surface area (Å²) in [6, 6.07) is 8.59. The van der Waals surface area contributed by atoms with Gasteiger partial charge in [0.15, 0.2) is 0 Å². The van der Waals surface area contributed by atoms with E-state index in [0.29, 0.717) is 27.1 Å². The highest BCUT2D eigenvalue weighted by atomic mass is 35.5. The molecule has 0 heterocycles. The third-order valence-electron chi connectivity index (χ3n) is 5.65. The molecule has 0 radical (unpaired) electrons. The van der Waals surface area contributed by atoms with E-state index in [2.05, 4.69) is 5.32 Å². The van der Waals surface area contributed by atoms with E-state index < -0.39 is 28.5 Å². The maximum absolute atomic E-state index is 13.5. The molecule has 0 aliphatic rings. The van der Waals surface area contributed by atoms with Crippen LogP contribution in [-0.4, -0.2) is 50.0 Å². The number of sulfonamides is 1. The standard InChI is InChI=1S/C24H30Cl3N3O4S/c1-6-16(3)28-24(32)17(4)29(13-18-8-9-19(25)11-22(18)27)23(31)14-30(35(5,33)34)20-10-7-15(2)21(26)12-20/h7-12,16-17H,6,13-14H2,1-5H3,(H,28,32). The molecule has 0 aromatic heterocycles. The van der Waals surface area contributed by atoms with Gasteiger partial charge in [-0.1, -0.05) is 53.9 Å². The van der Waals surface area contributed by atoms with Crippen LogP contribution in [0.2, 0.25) is 15.1 Å². The summed E-state index contributed by atoms with van der Waals surface area (Å²) in [4.78, 5) is 27.8. The van der Waals surface area contributed by atoms with Gasteiger partial charge in [0.25, 0.3) is 0 Å². The highest BCUT2D eigenvalue weighted by Crippen LogP contribution is 2.26. The van der Waals surface area contributed by atoms with Crippen molar-refractivity contribution >= 4 is 62.3 Å². The van der Waals surface area contributed by atoms with Crippen molar-refractivity contribution in [1.29, 1.82) is 0 Å². The molecule has 0 spiro atoms. The number of halogens is 3. The molecule has 7 nitrogen and oxygen atoms in total. The van der Waals surface area contributed by atoms with E-state index in [1.54, 1.807) is 44.2 Å². The second-order valence-electron chi connectivity index (χ2n) is 8.45. The molecule has 0 aliphatic heterocycles. The van der Waals surface area contributed by atoms with Crippen LogP contribution in [0.1, 0.15) is 38.3 Å². The number of anilines is 1. The second-order valence-corrected chi connectivity index (χ2v) is 11.6. The molecule has 0 aliphatic carbocycles. The van der Waals surface area contributed by atoms with Crippen LogP contribution in [-0.2, 0) is 26.2 Å². The van der Waals surface area contributed by atoms with Gasteiger partial charge in [0, 0.05) is 27.7 Å². The number of aryl methyl sites for hydroxylation is 1. The average molecular weight is 563 g/mol. The van der Waals surface area contributed by atoms with Crippen molar-refractivity contribution in [1.82, 2.24) is 10.2 Å². The lowest BCUT2D eigenvalue weighted by Gasteiger charge is -2.32. The smallest absolute Gasteiger partial charge is 0.244 e. The van der Waals surface area contributed by atoms with Crippen LogP contribution < -0.4 is 9.62 Å². The van der Waals surface area contributed by atoms with Gasteiger partial charge in [0.2, 0.25) is 21.8 Å². The normalized spacial score (nSPS) is 13.1. The molecule has 0 saturated carbocycles. The van der Waals surface area contributed by atoms with Crippen LogP contribution in [0.5, 0.6) is 0 Å².